The lowest BCUT2D eigenvalue weighted by Crippen LogP contribution is -2.44. The number of aliphatic imine (C=N–C) groups is 1. The SMILES string of the molecule is CN=C(NCC(C)CN1CCOCC1)NC(C)c1ccc(OCC(C)C)cc1.I. The quantitative estimate of drug-likeness (QED) is 0.298. The zero-order valence-corrected chi connectivity index (χ0v) is 20.9. The zero-order valence-electron chi connectivity index (χ0n) is 18.6. The average Bonchev–Trinajstić information content (AvgIpc) is 2.70. The highest BCUT2D eigenvalue weighted by Crippen LogP contribution is 2.18. The summed E-state index contributed by atoms with van der Waals surface area (Å²) in [6.45, 7) is 15.2. The molecule has 0 aromatic heterocycles. The molecule has 2 N–H and O–H groups in total. The third-order valence-electron chi connectivity index (χ3n) is 4.83. The van der Waals surface area contributed by atoms with Gasteiger partial charge in [-0.2, -0.15) is 0 Å². The molecule has 1 aromatic carbocycles. The van der Waals surface area contributed by atoms with Crippen LogP contribution in [-0.2, 0) is 4.74 Å². The van der Waals surface area contributed by atoms with E-state index in [1.807, 2.05) is 19.2 Å². The van der Waals surface area contributed by atoms with Crippen molar-refractivity contribution in [2.75, 3.05) is 53.0 Å². The number of guanidine groups is 1. The van der Waals surface area contributed by atoms with Crippen molar-refractivity contribution in [1.29, 1.82) is 0 Å². The second-order valence-corrected chi connectivity index (χ2v) is 8.11. The van der Waals surface area contributed by atoms with E-state index in [1.54, 1.807) is 0 Å². The van der Waals surface area contributed by atoms with Gasteiger partial charge in [-0.3, -0.25) is 9.89 Å². The highest BCUT2D eigenvalue weighted by Gasteiger charge is 2.14. The van der Waals surface area contributed by atoms with Gasteiger partial charge in [0, 0.05) is 33.2 Å². The molecule has 166 valence electrons. The van der Waals surface area contributed by atoms with Crippen molar-refractivity contribution in [2.45, 2.75) is 33.7 Å². The van der Waals surface area contributed by atoms with E-state index in [1.165, 1.54) is 5.56 Å². The van der Waals surface area contributed by atoms with Crippen LogP contribution in [0.25, 0.3) is 0 Å². The maximum absolute atomic E-state index is 5.76. The first-order chi connectivity index (χ1) is 13.5. The van der Waals surface area contributed by atoms with Gasteiger partial charge in [-0.15, -0.1) is 24.0 Å². The van der Waals surface area contributed by atoms with Crippen LogP contribution in [0.4, 0.5) is 0 Å². The van der Waals surface area contributed by atoms with Gasteiger partial charge in [-0.25, -0.2) is 0 Å². The summed E-state index contributed by atoms with van der Waals surface area (Å²) >= 11 is 0. The van der Waals surface area contributed by atoms with E-state index in [4.69, 9.17) is 9.47 Å². The predicted molar refractivity (Wildman–Crippen MR) is 132 cm³/mol. The first-order valence-electron chi connectivity index (χ1n) is 10.5. The van der Waals surface area contributed by atoms with Gasteiger partial charge in [0.15, 0.2) is 5.96 Å². The minimum absolute atomic E-state index is 0. The topological polar surface area (TPSA) is 58.1 Å². The lowest BCUT2D eigenvalue weighted by Gasteiger charge is -2.29. The summed E-state index contributed by atoms with van der Waals surface area (Å²) in [5, 5.41) is 6.94. The fourth-order valence-electron chi connectivity index (χ4n) is 3.16. The van der Waals surface area contributed by atoms with Crippen molar-refractivity contribution in [1.82, 2.24) is 15.5 Å². The fourth-order valence-corrected chi connectivity index (χ4v) is 3.16. The molecule has 0 bridgehead atoms. The Morgan fingerprint density at radius 2 is 1.79 bits per heavy atom. The van der Waals surface area contributed by atoms with Crippen LogP contribution in [0.2, 0.25) is 0 Å². The van der Waals surface area contributed by atoms with Crippen LogP contribution in [0, 0.1) is 11.8 Å². The van der Waals surface area contributed by atoms with Gasteiger partial charge >= 0.3 is 0 Å². The van der Waals surface area contributed by atoms with Crippen LogP contribution in [0.3, 0.4) is 0 Å². The van der Waals surface area contributed by atoms with Crippen LogP contribution in [0.1, 0.15) is 39.3 Å². The van der Waals surface area contributed by atoms with E-state index >= 15 is 0 Å². The van der Waals surface area contributed by atoms with Crippen molar-refractivity contribution in [3.8, 4) is 5.75 Å². The van der Waals surface area contributed by atoms with Crippen LogP contribution in [0.5, 0.6) is 5.75 Å². The van der Waals surface area contributed by atoms with E-state index < -0.39 is 0 Å². The van der Waals surface area contributed by atoms with Gasteiger partial charge in [-0.1, -0.05) is 32.9 Å². The van der Waals surface area contributed by atoms with Crippen LogP contribution < -0.4 is 15.4 Å². The molecule has 1 aliphatic heterocycles. The molecule has 0 spiro atoms. The number of hydrogen-bond acceptors (Lipinski definition) is 4. The molecule has 2 atom stereocenters. The molecule has 1 saturated heterocycles. The molecule has 0 aliphatic carbocycles. The second-order valence-electron chi connectivity index (χ2n) is 8.11. The van der Waals surface area contributed by atoms with Gasteiger partial charge in [0.2, 0.25) is 0 Å². The van der Waals surface area contributed by atoms with Crippen molar-refractivity contribution in [3.63, 3.8) is 0 Å². The molecule has 0 radical (unpaired) electrons. The number of rotatable bonds is 9. The van der Waals surface area contributed by atoms with Crippen LogP contribution in [-0.4, -0.2) is 63.9 Å². The highest BCUT2D eigenvalue weighted by molar-refractivity contribution is 14.0. The van der Waals surface area contributed by atoms with E-state index in [-0.39, 0.29) is 30.0 Å². The van der Waals surface area contributed by atoms with Crippen molar-refractivity contribution in [2.24, 2.45) is 16.8 Å². The summed E-state index contributed by atoms with van der Waals surface area (Å²) in [5.41, 5.74) is 1.21. The number of hydrogen-bond donors (Lipinski definition) is 2. The van der Waals surface area contributed by atoms with Crippen LogP contribution in [0.15, 0.2) is 29.3 Å². The molecule has 7 heteroatoms. The molecular formula is C22H39IN4O2. The highest BCUT2D eigenvalue weighted by atomic mass is 127. The Balaban J connectivity index is 0.00000420. The zero-order chi connectivity index (χ0) is 20.4. The third-order valence-corrected chi connectivity index (χ3v) is 4.83. The number of nitrogens with one attached hydrogen (secondary N) is 2. The van der Waals surface area contributed by atoms with Crippen molar-refractivity contribution in [3.05, 3.63) is 29.8 Å². The molecule has 1 aromatic rings. The Bertz CT molecular complexity index is 589. The van der Waals surface area contributed by atoms with E-state index in [0.29, 0.717) is 11.8 Å². The molecule has 29 heavy (non-hydrogen) atoms. The maximum atomic E-state index is 5.76. The van der Waals surface area contributed by atoms with E-state index in [0.717, 1.165) is 57.7 Å². The molecule has 2 rings (SSSR count). The summed E-state index contributed by atoms with van der Waals surface area (Å²) in [6.07, 6.45) is 0. The first kappa shape index (κ1) is 26.0. The third kappa shape index (κ3) is 10.00. The Morgan fingerprint density at radius 1 is 1.14 bits per heavy atom. The average molecular weight is 518 g/mol. The summed E-state index contributed by atoms with van der Waals surface area (Å²) in [5.74, 6) is 2.83. The monoisotopic (exact) mass is 518 g/mol. The molecule has 1 fully saturated rings. The molecule has 2 unspecified atom stereocenters. The fraction of sp³-hybridized carbons (Fsp3) is 0.682. The molecule has 1 heterocycles. The maximum Gasteiger partial charge on any atom is 0.191 e. The molecule has 6 nitrogen and oxygen atoms in total. The van der Waals surface area contributed by atoms with E-state index in [2.05, 4.69) is 60.4 Å². The Morgan fingerprint density at radius 3 is 2.38 bits per heavy atom. The van der Waals surface area contributed by atoms with Crippen LogP contribution >= 0.6 is 24.0 Å². The Hall–Kier alpha value is -1.06. The molecule has 0 amide bonds. The number of nitrogens with zero attached hydrogens (tertiary/aromatic N) is 2. The van der Waals surface area contributed by atoms with Gasteiger partial charge < -0.3 is 20.1 Å². The van der Waals surface area contributed by atoms with Gasteiger partial charge in [0.1, 0.15) is 5.75 Å². The smallest absolute Gasteiger partial charge is 0.191 e. The normalized spacial score (nSPS) is 17.4. The molecular weight excluding hydrogens is 479 g/mol. The summed E-state index contributed by atoms with van der Waals surface area (Å²) in [7, 11) is 1.82. The first-order valence-corrected chi connectivity index (χ1v) is 10.5. The van der Waals surface area contributed by atoms with Crippen molar-refractivity contribution < 1.29 is 9.47 Å². The predicted octanol–water partition coefficient (Wildman–Crippen LogP) is 3.53. The van der Waals surface area contributed by atoms with Gasteiger partial charge in [0.25, 0.3) is 0 Å². The summed E-state index contributed by atoms with van der Waals surface area (Å²) in [4.78, 5) is 6.84. The lowest BCUT2D eigenvalue weighted by molar-refractivity contribution is 0.0320. The summed E-state index contributed by atoms with van der Waals surface area (Å²) < 4.78 is 11.2. The molecule has 1 aliphatic rings. The minimum Gasteiger partial charge on any atom is -0.493 e. The summed E-state index contributed by atoms with van der Waals surface area (Å²) in [6, 6.07) is 8.47. The number of ether oxygens (including phenoxy) is 2. The van der Waals surface area contributed by atoms with Crippen molar-refractivity contribution >= 4 is 29.9 Å². The number of halogens is 1. The molecule has 0 saturated carbocycles. The standard InChI is InChI=1S/C22H38N4O2.HI/c1-17(2)16-28-21-8-6-20(7-9-21)19(4)25-22(23-5)24-14-18(3)15-26-10-12-27-13-11-26;/h6-9,17-19H,10-16H2,1-5H3,(H2,23,24,25);1H. The number of benzene rings is 1. The van der Waals surface area contributed by atoms with Gasteiger partial charge in [0.05, 0.1) is 25.9 Å². The Kier molecular flexibility index (Phi) is 12.6. The Labute approximate surface area is 193 Å². The van der Waals surface area contributed by atoms with E-state index in [9.17, 15) is 0 Å². The lowest BCUT2D eigenvalue weighted by atomic mass is 10.1. The second kappa shape index (κ2) is 14.0. The minimum atomic E-state index is 0. The number of morpholine rings is 1. The largest absolute Gasteiger partial charge is 0.493 e. The van der Waals surface area contributed by atoms with Gasteiger partial charge in [-0.05, 0) is 36.5 Å².